The number of hydrogen-bond acceptors (Lipinski definition) is 6. The standard InChI is InChI=1S/C19H20N4O5/c1-2-3-9-17(14-7-5-4-6-8-14)20-21-19(24)12-15-10-11-16(22(25)26)13-18(15)23(27)28/h4-8,10-11,13H,2-3,9,12H2,1H3,(H,21,24)/b20-17+. The van der Waals surface area contributed by atoms with Gasteiger partial charge in [0.05, 0.1) is 28.0 Å². The Kier molecular flexibility index (Phi) is 7.32. The van der Waals surface area contributed by atoms with Crippen molar-refractivity contribution in [3.8, 4) is 0 Å². The van der Waals surface area contributed by atoms with Crippen molar-refractivity contribution in [3.05, 3.63) is 79.9 Å². The fourth-order valence-electron chi connectivity index (χ4n) is 2.57. The average Bonchev–Trinajstić information content (AvgIpc) is 2.68. The first kappa shape index (κ1) is 20.7. The molecule has 0 atom stereocenters. The predicted molar refractivity (Wildman–Crippen MR) is 104 cm³/mol. The van der Waals surface area contributed by atoms with Gasteiger partial charge in [-0.15, -0.1) is 0 Å². The van der Waals surface area contributed by atoms with E-state index < -0.39 is 27.1 Å². The number of carbonyl (C=O) groups is 1. The van der Waals surface area contributed by atoms with E-state index >= 15 is 0 Å². The molecule has 0 unspecified atom stereocenters. The molecule has 28 heavy (non-hydrogen) atoms. The van der Waals surface area contributed by atoms with Crippen LogP contribution in [0.3, 0.4) is 0 Å². The number of nitro benzene ring substituents is 2. The number of non-ortho nitro benzene ring substituents is 1. The highest BCUT2D eigenvalue weighted by Gasteiger charge is 2.21. The molecule has 0 saturated carbocycles. The Morgan fingerprint density at radius 2 is 1.79 bits per heavy atom. The third-order valence-electron chi connectivity index (χ3n) is 4.02. The summed E-state index contributed by atoms with van der Waals surface area (Å²) in [5.41, 5.74) is 3.25. The van der Waals surface area contributed by atoms with E-state index in [-0.39, 0.29) is 12.0 Å². The summed E-state index contributed by atoms with van der Waals surface area (Å²) < 4.78 is 0. The van der Waals surface area contributed by atoms with Crippen LogP contribution >= 0.6 is 0 Å². The van der Waals surface area contributed by atoms with Crippen LogP contribution in [-0.4, -0.2) is 21.5 Å². The van der Waals surface area contributed by atoms with Crippen molar-refractivity contribution in [2.75, 3.05) is 0 Å². The van der Waals surface area contributed by atoms with Crippen molar-refractivity contribution in [2.45, 2.75) is 32.6 Å². The van der Waals surface area contributed by atoms with E-state index in [2.05, 4.69) is 17.5 Å². The molecule has 2 aromatic rings. The van der Waals surface area contributed by atoms with Crippen molar-refractivity contribution >= 4 is 23.0 Å². The van der Waals surface area contributed by atoms with Crippen LogP contribution in [0, 0.1) is 20.2 Å². The minimum Gasteiger partial charge on any atom is -0.273 e. The molecule has 2 aromatic carbocycles. The van der Waals surface area contributed by atoms with E-state index in [1.54, 1.807) is 0 Å². The summed E-state index contributed by atoms with van der Waals surface area (Å²) in [5.74, 6) is -0.540. The molecule has 0 bridgehead atoms. The number of unbranched alkanes of at least 4 members (excludes halogenated alkanes) is 1. The molecule has 2 rings (SSSR count). The minimum atomic E-state index is -0.741. The number of carbonyl (C=O) groups excluding carboxylic acids is 1. The molecule has 0 spiro atoms. The van der Waals surface area contributed by atoms with Crippen molar-refractivity contribution in [2.24, 2.45) is 5.10 Å². The second kappa shape index (κ2) is 9.91. The van der Waals surface area contributed by atoms with Gasteiger partial charge in [-0.25, -0.2) is 5.43 Å². The first-order chi connectivity index (χ1) is 13.4. The fourth-order valence-corrected chi connectivity index (χ4v) is 2.57. The zero-order valence-corrected chi connectivity index (χ0v) is 15.3. The molecular weight excluding hydrogens is 364 g/mol. The van der Waals surface area contributed by atoms with Crippen LogP contribution in [0.5, 0.6) is 0 Å². The molecule has 1 amide bonds. The number of nitrogens with zero attached hydrogens (tertiary/aromatic N) is 3. The van der Waals surface area contributed by atoms with Gasteiger partial charge in [0.15, 0.2) is 0 Å². The maximum atomic E-state index is 12.2. The Bertz CT molecular complexity index is 896. The Balaban J connectivity index is 2.17. The first-order valence-electron chi connectivity index (χ1n) is 8.75. The highest BCUT2D eigenvalue weighted by Crippen LogP contribution is 2.25. The lowest BCUT2D eigenvalue weighted by atomic mass is 10.1. The van der Waals surface area contributed by atoms with Gasteiger partial charge in [0.25, 0.3) is 11.4 Å². The quantitative estimate of drug-likeness (QED) is 0.400. The molecule has 0 aliphatic rings. The number of nitrogens with one attached hydrogen (secondary N) is 1. The third-order valence-corrected chi connectivity index (χ3v) is 4.02. The Labute approximate surface area is 161 Å². The SMILES string of the molecule is CCCC/C(=N\NC(=O)Cc1ccc([N+](=O)[O-])cc1[N+](=O)[O-])c1ccccc1. The van der Waals surface area contributed by atoms with Gasteiger partial charge >= 0.3 is 0 Å². The number of hydrogen-bond donors (Lipinski definition) is 1. The summed E-state index contributed by atoms with van der Waals surface area (Å²) in [6, 6.07) is 12.6. The van der Waals surface area contributed by atoms with Crippen molar-refractivity contribution in [1.82, 2.24) is 5.43 Å². The van der Waals surface area contributed by atoms with Gasteiger partial charge in [0, 0.05) is 11.6 Å². The zero-order valence-electron chi connectivity index (χ0n) is 15.3. The lowest BCUT2D eigenvalue weighted by Gasteiger charge is -2.07. The summed E-state index contributed by atoms with van der Waals surface area (Å²) in [6.07, 6.45) is 2.23. The molecule has 0 fully saturated rings. The molecule has 0 saturated heterocycles. The Hall–Kier alpha value is -3.62. The summed E-state index contributed by atoms with van der Waals surface area (Å²) in [6.45, 7) is 2.05. The van der Waals surface area contributed by atoms with E-state index in [9.17, 15) is 25.0 Å². The molecule has 0 aliphatic heterocycles. The van der Waals surface area contributed by atoms with E-state index in [1.165, 1.54) is 6.07 Å². The molecule has 146 valence electrons. The maximum Gasteiger partial charge on any atom is 0.279 e. The number of nitro groups is 2. The van der Waals surface area contributed by atoms with Gasteiger partial charge in [-0.1, -0.05) is 43.7 Å². The largest absolute Gasteiger partial charge is 0.279 e. The first-order valence-corrected chi connectivity index (χ1v) is 8.75. The van der Waals surface area contributed by atoms with Gasteiger partial charge in [-0.2, -0.15) is 5.10 Å². The third kappa shape index (κ3) is 5.70. The van der Waals surface area contributed by atoms with Crippen LogP contribution in [0.25, 0.3) is 0 Å². The van der Waals surface area contributed by atoms with Crippen LogP contribution in [0.15, 0.2) is 53.6 Å². The maximum absolute atomic E-state index is 12.2. The van der Waals surface area contributed by atoms with Crippen molar-refractivity contribution < 1.29 is 14.6 Å². The average molecular weight is 384 g/mol. The normalized spacial score (nSPS) is 11.1. The second-order valence-corrected chi connectivity index (χ2v) is 6.07. The Morgan fingerprint density at radius 3 is 2.39 bits per heavy atom. The van der Waals surface area contributed by atoms with Crippen molar-refractivity contribution in [1.29, 1.82) is 0 Å². The molecule has 9 heteroatoms. The highest BCUT2D eigenvalue weighted by molar-refractivity contribution is 6.01. The number of benzene rings is 2. The molecular formula is C19H20N4O5. The van der Waals surface area contributed by atoms with Crippen LogP contribution < -0.4 is 5.43 Å². The summed E-state index contributed by atoms with van der Waals surface area (Å²) in [7, 11) is 0. The van der Waals surface area contributed by atoms with Crippen molar-refractivity contribution in [3.63, 3.8) is 0 Å². The summed E-state index contributed by atoms with van der Waals surface area (Å²) in [5, 5.41) is 26.2. The van der Waals surface area contributed by atoms with E-state index in [0.29, 0.717) is 12.1 Å². The minimum absolute atomic E-state index is 0.0816. The molecule has 0 heterocycles. The van der Waals surface area contributed by atoms with Crippen LogP contribution in [-0.2, 0) is 11.2 Å². The lowest BCUT2D eigenvalue weighted by molar-refractivity contribution is -0.394. The summed E-state index contributed by atoms with van der Waals surface area (Å²) >= 11 is 0. The second-order valence-electron chi connectivity index (χ2n) is 6.07. The lowest BCUT2D eigenvalue weighted by Crippen LogP contribution is -2.22. The highest BCUT2D eigenvalue weighted by atomic mass is 16.6. The molecule has 0 radical (unpaired) electrons. The van der Waals surface area contributed by atoms with Gasteiger partial charge in [-0.05, 0) is 24.5 Å². The van der Waals surface area contributed by atoms with Crippen LogP contribution in [0.1, 0.15) is 37.3 Å². The van der Waals surface area contributed by atoms with Crippen LogP contribution in [0.2, 0.25) is 0 Å². The number of rotatable bonds is 9. The van der Waals surface area contributed by atoms with Crippen LogP contribution in [0.4, 0.5) is 11.4 Å². The number of amides is 1. The van der Waals surface area contributed by atoms with E-state index in [1.807, 2.05) is 30.3 Å². The predicted octanol–water partition coefficient (Wildman–Crippen LogP) is 3.76. The monoisotopic (exact) mass is 384 g/mol. The zero-order chi connectivity index (χ0) is 20.5. The summed E-state index contributed by atoms with van der Waals surface area (Å²) in [4.78, 5) is 32.7. The van der Waals surface area contributed by atoms with E-state index in [0.717, 1.165) is 30.5 Å². The Morgan fingerprint density at radius 1 is 1.07 bits per heavy atom. The topological polar surface area (TPSA) is 128 Å². The van der Waals surface area contributed by atoms with Gasteiger partial charge in [-0.3, -0.25) is 25.0 Å². The number of hydrazone groups is 1. The molecule has 1 N–H and O–H groups in total. The van der Waals surface area contributed by atoms with E-state index in [4.69, 9.17) is 0 Å². The van der Waals surface area contributed by atoms with Gasteiger partial charge in [0.1, 0.15) is 0 Å². The van der Waals surface area contributed by atoms with Gasteiger partial charge < -0.3 is 0 Å². The molecule has 0 aromatic heterocycles. The fraction of sp³-hybridized carbons (Fsp3) is 0.263. The smallest absolute Gasteiger partial charge is 0.273 e. The molecule has 0 aliphatic carbocycles. The molecule has 9 nitrogen and oxygen atoms in total. The van der Waals surface area contributed by atoms with Gasteiger partial charge in [0.2, 0.25) is 5.91 Å².